The van der Waals surface area contributed by atoms with Crippen LogP contribution in [0.15, 0.2) is 60.7 Å². The fourth-order valence-electron chi connectivity index (χ4n) is 2.13. The lowest BCUT2D eigenvalue weighted by molar-refractivity contribution is -0.104. The van der Waals surface area contributed by atoms with Gasteiger partial charge in [-0.15, -0.1) is 0 Å². The Hall–Kier alpha value is -2.35. The van der Waals surface area contributed by atoms with Crippen molar-refractivity contribution in [2.45, 2.75) is 19.8 Å². The summed E-state index contributed by atoms with van der Waals surface area (Å²) in [6.07, 6.45) is 4.58. The maximum atomic E-state index is 11.0. The molecule has 2 aromatic carbocycles. The third-order valence-corrected chi connectivity index (χ3v) is 3.23. The number of hydrogen-bond acceptors (Lipinski definition) is 2. The molecule has 0 unspecified atom stereocenters. The van der Waals surface area contributed by atoms with Crippen molar-refractivity contribution in [1.29, 1.82) is 0 Å². The maximum Gasteiger partial charge on any atom is 0.143 e. The first-order chi connectivity index (χ1) is 10.3. The van der Waals surface area contributed by atoms with Gasteiger partial charge in [-0.3, -0.25) is 4.79 Å². The third kappa shape index (κ3) is 4.32. The van der Waals surface area contributed by atoms with E-state index >= 15 is 0 Å². The van der Waals surface area contributed by atoms with E-state index in [-0.39, 0.29) is 0 Å². The summed E-state index contributed by atoms with van der Waals surface area (Å²) in [6.45, 7) is 2.86. The minimum absolute atomic E-state index is 0.720. The van der Waals surface area contributed by atoms with Crippen molar-refractivity contribution in [3.8, 4) is 5.75 Å². The Morgan fingerprint density at radius 3 is 2.52 bits per heavy atom. The molecule has 0 heterocycles. The van der Waals surface area contributed by atoms with Crippen LogP contribution in [0.2, 0.25) is 0 Å². The lowest BCUT2D eigenvalue weighted by atomic mass is 9.97. The molecule has 0 amide bonds. The Balaban J connectivity index is 2.27. The van der Waals surface area contributed by atoms with Crippen LogP contribution in [0.4, 0.5) is 0 Å². The monoisotopic (exact) mass is 280 g/mol. The van der Waals surface area contributed by atoms with E-state index in [0.717, 1.165) is 48.2 Å². The van der Waals surface area contributed by atoms with Crippen LogP contribution in [0, 0.1) is 0 Å². The van der Waals surface area contributed by atoms with E-state index in [1.54, 1.807) is 6.08 Å². The van der Waals surface area contributed by atoms with Crippen molar-refractivity contribution in [2.24, 2.45) is 0 Å². The lowest BCUT2D eigenvalue weighted by Crippen LogP contribution is -1.97. The highest BCUT2D eigenvalue weighted by Gasteiger charge is 2.05. The van der Waals surface area contributed by atoms with Gasteiger partial charge in [0.2, 0.25) is 0 Å². The van der Waals surface area contributed by atoms with Crippen LogP contribution >= 0.6 is 0 Å². The highest BCUT2D eigenvalue weighted by Crippen LogP contribution is 2.26. The van der Waals surface area contributed by atoms with Crippen molar-refractivity contribution in [3.05, 3.63) is 71.8 Å². The largest absolute Gasteiger partial charge is 0.494 e. The quantitative estimate of drug-likeness (QED) is 0.424. The van der Waals surface area contributed by atoms with Gasteiger partial charge in [-0.2, -0.15) is 0 Å². The molecule has 2 rings (SSSR count). The Labute approximate surface area is 126 Å². The summed E-state index contributed by atoms with van der Waals surface area (Å²) < 4.78 is 5.74. The molecule has 2 aromatic rings. The number of hydrogen-bond donors (Lipinski definition) is 0. The number of rotatable bonds is 7. The molecule has 0 aliphatic heterocycles. The summed E-state index contributed by atoms with van der Waals surface area (Å²) in [7, 11) is 0. The van der Waals surface area contributed by atoms with Gasteiger partial charge in [0, 0.05) is 0 Å². The zero-order valence-electron chi connectivity index (χ0n) is 12.3. The van der Waals surface area contributed by atoms with Gasteiger partial charge in [0.15, 0.2) is 0 Å². The van der Waals surface area contributed by atoms with Gasteiger partial charge in [0.05, 0.1) is 6.61 Å². The molecule has 21 heavy (non-hydrogen) atoms. The number of allylic oxidation sites excluding steroid dienone is 1. The van der Waals surface area contributed by atoms with Crippen LogP contribution in [0.3, 0.4) is 0 Å². The Kier molecular flexibility index (Phi) is 5.77. The fraction of sp³-hybridized carbons (Fsp3) is 0.211. The second-order valence-corrected chi connectivity index (χ2v) is 4.81. The Bertz CT molecular complexity index is 600. The molecule has 0 bridgehead atoms. The van der Waals surface area contributed by atoms with Crippen LogP contribution in [0.5, 0.6) is 5.75 Å². The summed E-state index contributed by atoms with van der Waals surface area (Å²) in [5, 5.41) is 0. The van der Waals surface area contributed by atoms with E-state index in [1.165, 1.54) is 0 Å². The number of ether oxygens (including phenoxy) is 1. The predicted octanol–water partition coefficient (Wildman–Crippen LogP) is 4.50. The van der Waals surface area contributed by atoms with E-state index in [0.29, 0.717) is 0 Å². The van der Waals surface area contributed by atoms with Gasteiger partial charge in [-0.1, -0.05) is 55.8 Å². The molecule has 2 nitrogen and oxygen atoms in total. The topological polar surface area (TPSA) is 26.3 Å². The minimum atomic E-state index is 0.720. The second-order valence-electron chi connectivity index (χ2n) is 4.81. The lowest BCUT2D eigenvalue weighted by Gasteiger charge is -2.10. The molecule has 0 saturated heterocycles. The van der Waals surface area contributed by atoms with Gasteiger partial charge >= 0.3 is 0 Å². The number of aldehydes is 1. The normalized spacial score (nSPS) is 11.2. The zero-order valence-corrected chi connectivity index (χ0v) is 12.3. The van der Waals surface area contributed by atoms with Crippen molar-refractivity contribution in [3.63, 3.8) is 0 Å². The molecule has 0 N–H and O–H groups in total. The molecule has 2 heteroatoms. The standard InChI is InChI=1S/C19H20O2/c1-2-3-14-21-18-11-7-10-17(15-18)19(12-13-20)16-8-5-4-6-9-16/h4-13,15H,2-3,14H2,1H3/b19-12+. The van der Waals surface area contributed by atoms with Gasteiger partial charge in [-0.25, -0.2) is 0 Å². The number of unbranched alkanes of at least 4 members (excludes halogenated alkanes) is 1. The van der Waals surface area contributed by atoms with Crippen LogP contribution in [-0.4, -0.2) is 12.9 Å². The summed E-state index contributed by atoms with van der Waals surface area (Å²) >= 11 is 0. The van der Waals surface area contributed by atoms with Crippen LogP contribution in [0.1, 0.15) is 30.9 Å². The van der Waals surface area contributed by atoms with Crippen LogP contribution < -0.4 is 4.74 Å². The number of carbonyl (C=O) groups is 1. The van der Waals surface area contributed by atoms with Gasteiger partial charge in [-0.05, 0) is 41.3 Å². The molecule has 0 spiro atoms. The zero-order chi connectivity index (χ0) is 14.9. The molecule has 0 saturated carbocycles. The van der Waals surface area contributed by atoms with Gasteiger partial charge in [0.25, 0.3) is 0 Å². The molecular weight excluding hydrogens is 260 g/mol. The molecule has 0 atom stereocenters. The first-order valence-corrected chi connectivity index (χ1v) is 7.29. The number of benzene rings is 2. The summed E-state index contributed by atoms with van der Waals surface area (Å²) in [5.74, 6) is 0.841. The highest BCUT2D eigenvalue weighted by atomic mass is 16.5. The van der Waals surface area contributed by atoms with Crippen molar-refractivity contribution in [1.82, 2.24) is 0 Å². The second kappa shape index (κ2) is 8.05. The molecular formula is C19H20O2. The van der Waals surface area contributed by atoms with Crippen molar-refractivity contribution >= 4 is 11.9 Å². The van der Waals surface area contributed by atoms with E-state index in [4.69, 9.17) is 4.74 Å². The van der Waals surface area contributed by atoms with Gasteiger partial charge < -0.3 is 4.74 Å². The molecule has 0 fully saturated rings. The molecule has 0 aliphatic rings. The SMILES string of the molecule is CCCCOc1cccc(/C(=C/C=O)c2ccccc2)c1. The Morgan fingerprint density at radius 1 is 1.05 bits per heavy atom. The minimum Gasteiger partial charge on any atom is -0.494 e. The van der Waals surface area contributed by atoms with Gasteiger partial charge in [0.1, 0.15) is 12.0 Å². The van der Waals surface area contributed by atoms with E-state index in [9.17, 15) is 4.79 Å². The van der Waals surface area contributed by atoms with E-state index < -0.39 is 0 Å². The molecule has 0 aromatic heterocycles. The smallest absolute Gasteiger partial charge is 0.143 e. The maximum absolute atomic E-state index is 11.0. The summed E-state index contributed by atoms with van der Waals surface area (Å²) in [4.78, 5) is 11.0. The van der Waals surface area contributed by atoms with Crippen LogP contribution in [0.25, 0.3) is 5.57 Å². The fourth-order valence-corrected chi connectivity index (χ4v) is 2.13. The van der Waals surface area contributed by atoms with E-state index in [1.807, 2.05) is 54.6 Å². The van der Waals surface area contributed by atoms with E-state index in [2.05, 4.69) is 6.92 Å². The summed E-state index contributed by atoms with van der Waals surface area (Å²) in [5.41, 5.74) is 2.92. The highest BCUT2D eigenvalue weighted by molar-refractivity contribution is 5.89. The van der Waals surface area contributed by atoms with Crippen molar-refractivity contribution < 1.29 is 9.53 Å². The number of carbonyl (C=O) groups excluding carboxylic acids is 1. The first-order valence-electron chi connectivity index (χ1n) is 7.29. The third-order valence-electron chi connectivity index (χ3n) is 3.23. The van der Waals surface area contributed by atoms with Crippen molar-refractivity contribution in [2.75, 3.05) is 6.61 Å². The average molecular weight is 280 g/mol. The van der Waals surface area contributed by atoms with Crippen LogP contribution in [-0.2, 0) is 4.79 Å². The predicted molar refractivity (Wildman–Crippen MR) is 86.4 cm³/mol. The first kappa shape index (κ1) is 15.0. The molecule has 0 radical (unpaired) electrons. The molecule has 0 aliphatic carbocycles. The summed E-state index contributed by atoms with van der Waals surface area (Å²) in [6, 6.07) is 17.8. The Morgan fingerprint density at radius 2 is 1.81 bits per heavy atom. The molecule has 108 valence electrons. The average Bonchev–Trinajstić information content (AvgIpc) is 2.54.